The second-order valence-corrected chi connectivity index (χ2v) is 4.84. The van der Waals surface area contributed by atoms with Crippen molar-refractivity contribution in [3.8, 4) is 0 Å². The molecule has 1 aromatic heterocycles. The predicted molar refractivity (Wildman–Crippen MR) is 73.6 cm³/mol. The maximum atomic E-state index is 5.14. The molecule has 5 heteroatoms. The zero-order chi connectivity index (χ0) is 12.7. The monoisotopic (exact) mass is 303 g/mol. The van der Waals surface area contributed by atoms with E-state index in [0.29, 0.717) is 0 Å². The summed E-state index contributed by atoms with van der Waals surface area (Å²) in [5, 5.41) is 5.45. The summed E-state index contributed by atoms with van der Waals surface area (Å²) in [5.74, 6) is 0. The molecule has 0 saturated carbocycles. The molecule has 0 aliphatic rings. The third-order valence-electron chi connectivity index (χ3n) is 2.68. The Morgan fingerprint density at radius 3 is 2.82 bits per heavy atom. The van der Waals surface area contributed by atoms with E-state index in [-0.39, 0.29) is 0 Å². The van der Waals surface area contributed by atoms with Crippen LogP contribution in [-0.4, -0.2) is 46.8 Å². The van der Waals surface area contributed by atoms with Gasteiger partial charge in [0.25, 0.3) is 0 Å². The van der Waals surface area contributed by atoms with Crippen molar-refractivity contribution < 1.29 is 4.74 Å². The van der Waals surface area contributed by atoms with E-state index >= 15 is 0 Å². The molecule has 1 rings (SSSR count). The lowest BCUT2D eigenvalue weighted by Gasteiger charge is -2.21. The molecule has 0 aliphatic carbocycles. The van der Waals surface area contributed by atoms with Gasteiger partial charge in [0.2, 0.25) is 0 Å². The first-order chi connectivity index (χ1) is 8.21. The summed E-state index contributed by atoms with van der Waals surface area (Å²) in [6.45, 7) is 8.78. The van der Waals surface area contributed by atoms with Gasteiger partial charge in [-0.05, 0) is 19.9 Å². The number of aromatic nitrogens is 2. The molecule has 0 fully saturated rings. The second kappa shape index (κ2) is 7.84. The molecule has 0 aromatic carbocycles. The summed E-state index contributed by atoms with van der Waals surface area (Å²) in [6.07, 6.45) is 0. The highest BCUT2D eigenvalue weighted by Gasteiger charge is 2.09. The third-order valence-corrected chi connectivity index (χ3v) is 3.04. The number of halogens is 1. The molecule has 0 amide bonds. The van der Waals surface area contributed by atoms with Crippen LogP contribution in [0.25, 0.3) is 0 Å². The van der Waals surface area contributed by atoms with Gasteiger partial charge in [-0.3, -0.25) is 9.58 Å². The summed E-state index contributed by atoms with van der Waals surface area (Å²) in [5.41, 5.74) is 2.37. The zero-order valence-corrected chi connectivity index (χ0v) is 12.5. The number of rotatable bonds is 8. The van der Waals surface area contributed by atoms with E-state index in [1.54, 1.807) is 7.11 Å². The highest BCUT2D eigenvalue weighted by Crippen LogP contribution is 2.08. The van der Waals surface area contributed by atoms with Crippen LogP contribution in [0.5, 0.6) is 0 Å². The van der Waals surface area contributed by atoms with Gasteiger partial charge in [0.15, 0.2) is 0 Å². The van der Waals surface area contributed by atoms with Crippen LogP contribution in [0.2, 0.25) is 0 Å². The Labute approximate surface area is 112 Å². The van der Waals surface area contributed by atoms with Gasteiger partial charge in [-0.25, -0.2) is 0 Å². The van der Waals surface area contributed by atoms with Crippen molar-refractivity contribution in [3.63, 3.8) is 0 Å². The molecular formula is C12H22BrN3O. The number of methoxy groups -OCH3 is 1. The lowest BCUT2D eigenvalue weighted by Crippen LogP contribution is -2.29. The molecule has 0 N–H and O–H groups in total. The minimum absolute atomic E-state index is 0.770. The molecule has 0 unspecified atom stereocenters. The van der Waals surface area contributed by atoms with Crippen LogP contribution in [0.15, 0.2) is 6.07 Å². The number of alkyl halides is 1. The fraction of sp³-hybridized carbons (Fsp3) is 0.750. The summed E-state index contributed by atoms with van der Waals surface area (Å²) < 4.78 is 7.21. The minimum atomic E-state index is 0.770. The maximum Gasteiger partial charge on any atom is 0.0597 e. The predicted octanol–water partition coefficient (Wildman–Crippen LogP) is 2.05. The number of nitrogens with zero attached hydrogens (tertiary/aromatic N) is 3. The zero-order valence-electron chi connectivity index (χ0n) is 10.9. The minimum Gasteiger partial charge on any atom is -0.383 e. The smallest absolute Gasteiger partial charge is 0.0597 e. The number of ether oxygens (including phenoxy) is 1. The van der Waals surface area contributed by atoms with Gasteiger partial charge in [0, 0.05) is 38.6 Å². The van der Waals surface area contributed by atoms with Crippen LogP contribution in [0.1, 0.15) is 18.3 Å². The van der Waals surface area contributed by atoms with Crippen LogP contribution in [-0.2, 0) is 17.8 Å². The van der Waals surface area contributed by atoms with Gasteiger partial charge in [0.1, 0.15) is 0 Å². The topological polar surface area (TPSA) is 30.3 Å². The maximum absolute atomic E-state index is 5.14. The summed E-state index contributed by atoms with van der Waals surface area (Å²) in [4.78, 5) is 2.38. The highest BCUT2D eigenvalue weighted by molar-refractivity contribution is 9.09. The lowest BCUT2D eigenvalue weighted by atomic mass is 10.3. The van der Waals surface area contributed by atoms with Crippen molar-refractivity contribution in [3.05, 3.63) is 17.5 Å². The lowest BCUT2D eigenvalue weighted by molar-refractivity contribution is 0.146. The molecule has 0 aliphatic heterocycles. The van der Waals surface area contributed by atoms with E-state index in [1.807, 2.05) is 6.92 Å². The fourth-order valence-electron chi connectivity index (χ4n) is 1.84. The molecule has 0 spiro atoms. The van der Waals surface area contributed by atoms with Crippen LogP contribution >= 0.6 is 15.9 Å². The van der Waals surface area contributed by atoms with E-state index in [2.05, 4.69) is 43.6 Å². The van der Waals surface area contributed by atoms with E-state index in [0.717, 1.165) is 43.8 Å². The largest absolute Gasteiger partial charge is 0.383 e. The molecule has 17 heavy (non-hydrogen) atoms. The number of hydrogen-bond acceptors (Lipinski definition) is 3. The Hall–Kier alpha value is -0.390. The number of aryl methyl sites for hydroxylation is 2. The van der Waals surface area contributed by atoms with Crippen molar-refractivity contribution >= 4 is 15.9 Å². The van der Waals surface area contributed by atoms with E-state index < -0.39 is 0 Å². The first-order valence-electron chi connectivity index (χ1n) is 6.01. The van der Waals surface area contributed by atoms with Gasteiger partial charge in [0.05, 0.1) is 18.0 Å². The third kappa shape index (κ3) is 4.77. The number of hydrogen-bond donors (Lipinski definition) is 0. The Balaban J connectivity index is 2.63. The Bertz CT molecular complexity index is 328. The highest BCUT2D eigenvalue weighted by atomic mass is 79.9. The van der Waals surface area contributed by atoms with Crippen molar-refractivity contribution in [2.75, 3.05) is 32.1 Å². The fourth-order valence-corrected chi connectivity index (χ4v) is 2.34. The van der Waals surface area contributed by atoms with Crippen molar-refractivity contribution in [1.82, 2.24) is 14.7 Å². The van der Waals surface area contributed by atoms with Gasteiger partial charge >= 0.3 is 0 Å². The van der Waals surface area contributed by atoms with E-state index in [9.17, 15) is 0 Å². The first kappa shape index (κ1) is 14.7. The first-order valence-corrected chi connectivity index (χ1v) is 7.14. The van der Waals surface area contributed by atoms with Gasteiger partial charge in [-0.1, -0.05) is 15.9 Å². The molecule has 0 saturated heterocycles. The van der Waals surface area contributed by atoms with Crippen LogP contribution in [0.4, 0.5) is 0 Å². The van der Waals surface area contributed by atoms with E-state index in [4.69, 9.17) is 4.74 Å². The average Bonchev–Trinajstić information content (AvgIpc) is 2.66. The normalized spacial score (nSPS) is 11.4. The Morgan fingerprint density at radius 2 is 2.24 bits per heavy atom. The molecule has 0 radical (unpaired) electrons. The average molecular weight is 304 g/mol. The summed E-state index contributed by atoms with van der Waals surface area (Å²) in [7, 11) is 1.74. The van der Waals surface area contributed by atoms with Crippen LogP contribution < -0.4 is 0 Å². The van der Waals surface area contributed by atoms with Crippen molar-refractivity contribution in [2.24, 2.45) is 0 Å². The van der Waals surface area contributed by atoms with Gasteiger partial charge in [-0.2, -0.15) is 5.10 Å². The van der Waals surface area contributed by atoms with E-state index in [1.165, 1.54) is 5.69 Å². The SMILES string of the molecule is CCn1nc(C)cc1CN(CCBr)CCOC. The quantitative estimate of drug-likeness (QED) is 0.689. The molecule has 1 aromatic rings. The van der Waals surface area contributed by atoms with Crippen LogP contribution in [0.3, 0.4) is 0 Å². The van der Waals surface area contributed by atoms with Crippen molar-refractivity contribution in [1.29, 1.82) is 0 Å². The Morgan fingerprint density at radius 1 is 1.47 bits per heavy atom. The van der Waals surface area contributed by atoms with Gasteiger partial charge < -0.3 is 4.74 Å². The van der Waals surface area contributed by atoms with Crippen molar-refractivity contribution in [2.45, 2.75) is 26.9 Å². The molecule has 1 heterocycles. The second-order valence-electron chi connectivity index (χ2n) is 4.05. The van der Waals surface area contributed by atoms with Gasteiger partial charge in [-0.15, -0.1) is 0 Å². The Kier molecular flexibility index (Phi) is 6.77. The molecule has 98 valence electrons. The molecular weight excluding hydrogens is 282 g/mol. The standard InChI is InChI=1S/C12H22BrN3O/c1-4-16-12(9-11(2)14-16)10-15(6-5-13)7-8-17-3/h9H,4-8,10H2,1-3H3. The van der Waals surface area contributed by atoms with Crippen LogP contribution in [0, 0.1) is 6.92 Å². The summed E-state index contributed by atoms with van der Waals surface area (Å²) >= 11 is 3.49. The molecule has 0 atom stereocenters. The summed E-state index contributed by atoms with van der Waals surface area (Å²) in [6, 6.07) is 2.16. The molecule has 0 bridgehead atoms. The molecule has 4 nitrogen and oxygen atoms in total.